The first-order chi connectivity index (χ1) is 5.49. The van der Waals surface area contributed by atoms with E-state index in [-0.39, 0.29) is 5.71 Å². The van der Waals surface area contributed by atoms with Crippen LogP contribution < -0.4 is 0 Å². The maximum Gasteiger partial charge on any atom is 0.0952 e. The molecular formula is C9H16N2O. The van der Waals surface area contributed by atoms with E-state index in [2.05, 4.69) is 0 Å². The highest BCUT2D eigenvalue weighted by atomic mass is 16.3. The molecule has 1 atom stereocenters. The first-order valence-electron chi connectivity index (χ1n) is 3.99. The van der Waals surface area contributed by atoms with Crippen LogP contribution >= 0.6 is 0 Å². The minimum atomic E-state index is -0.694. The molecule has 0 rings (SSSR count). The van der Waals surface area contributed by atoms with Gasteiger partial charge in [-0.15, -0.1) is 0 Å². The fourth-order valence-corrected chi connectivity index (χ4v) is 0.869. The van der Waals surface area contributed by atoms with E-state index in [1.807, 2.05) is 6.92 Å². The number of nitrogens with one attached hydrogen (secondary N) is 2. The van der Waals surface area contributed by atoms with Crippen LogP contribution in [0.1, 0.15) is 27.2 Å². The third-order valence-electron chi connectivity index (χ3n) is 1.58. The summed E-state index contributed by atoms with van der Waals surface area (Å²) in [5.41, 5.74) is 1.28. The molecule has 0 spiro atoms. The zero-order valence-electron chi connectivity index (χ0n) is 7.81. The molecule has 0 aliphatic carbocycles. The summed E-state index contributed by atoms with van der Waals surface area (Å²) in [6.45, 7) is 5.21. The molecule has 12 heavy (non-hydrogen) atoms. The maximum absolute atomic E-state index is 9.27. The Labute approximate surface area is 73.1 Å². The van der Waals surface area contributed by atoms with E-state index in [1.54, 1.807) is 19.9 Å². The minimum Gasteiger partial charge on any atom is -0.387 e. The summed E-state index contributed by atoms with van der Waals surface area (Å²) in [4.78, 5) is 0. The first kappa shape index (κ1) is 11.0. The van der Waals surface area contributed by atoms with E-state index >= 15 is 0 Å². The molecule has 0 aromatic heterocycles. The Morgan fingerprint density at radius 2 is 1.92 bits per heavy atom. The molecule has 3 heteroatoms. The van der Waals surface area contributed by atoms with Crippen molar-refractivity contribution in [1.29, 1.82) is 10.8 Å². The second-order valence-electron chi connectivity index (χ2n) is 2.85. The number of aliphatic hydroxyl groups excluding tert-OH is 1. The van der Waals surface area contributed by atoms with Crippen molar-refractivity contribution in [2.45, 2.75) is 33.3 Å². The molecular weight excluding hydrogens is 152 g/mol. The number of aliphatic hydroxyl groups is 1. The molecule has 0 radical (unpaired) electrons. The Morgan fingerprint density at radius 3 is 2.25 bits per heavy atom. The molecule has 0 heterocycles. The van der Waals surface area contributed by atoms with Crippen molar-refractivity contribution < 1.29 is 5.11 Å². The Kier molecular flexibility index (Phi) is 4.44. The standard InChI is InChI=1S/C9H16N2O/c1-4-8(12)9(11)6(2)5-7(3)10/h5,8,10-12H,4H2,1-3H3/b6-5-,10-7?,11-9?/t8-/m1/s1. The van der Waals surface area contributed by atoms with Crippen LogP contribution in [0, 0.1) is 10.8 Å². The van der Waals surface area contributed by atoms with Gasteiger partial charge in [0.25, 0.3) is 0 Å². The number of hydrogen-bond acceptors (Lipinski definition) is 3. The minimum absolute atomic E-state index is 0.212. The molecule has 0 aliphatic heterocycles. The Balaban J connectivity index is 4.39. The van der Waals surface area contributed by atoms with Crippen LogP contribution in [0.2, 0.25) is 0 Å². The van der Waals surface area contributed by atoms with E-state index in [1.165, 1.54) is 0 Å². The highest BCUT2D eigenvalue weighted by Gasteiger charge is 2.09. The number of rotatable bonds is 4. The van der Waals surface area contributed by atoms with Crippen LogP contribution in [0.25, 0.3) is 0 Å². The summed E-state index contributed by atoms with van der Waals surface area (Å²) in [6, 6.07) is 0. The lowest BCUT2D eigenvalue weighted by molar-refractivity contribution is 0.237. The molecule has 0 saturated heterocycles. The van der Waals surface area contributed by atoms with Gasteiger partial charge in [-0.25, -0.2) is 0 Å². The molecule has 0 bridgehead atoms. The lowest BCUT2D eigenvalue weighted by Gasteiger charge is -2.09. The second-order valence-corrected chi connectivity index (χ2v) is 2.85. The van der Waals surface area contributed by atoms with E-state index in [4.69, 9.17) is 10.8 Å². The lowest BCUT2D eigenvalue weighted by atomic mass is 10.0. The zero-order valence-corrected chi connectivity index (χ0v) is 7.81. The van der Waals surface area contributed by atoms with Crippen LogP contribution in [0.4, 0.5) is 0 Å². The first-order valence-corrected chi connectivity index (χ1v) is 3.99. The van der Waals surface area contributed by atoms with Crippen LogP contribution in [-0.2, 0) is 0 Å². The molecule has 3 nitrogen and oxygen atoms in total. The van der Waals surface area contributed by atoms with Gasteiger partial charge >= 0.3 is 0 Å². The summed E-state index contributed by atoms with van der Waals surface area (Å²) in [5.74, 6) is 0. The van der Waals surface area contributed by atoms with Crippen molar-refractivity contribution in [3.63, 3.8) is 0 Å². The quantitative estimate of drug-likeness (QED) is 0.550. The maximum atomic E-state index is 9.27. The van der Waals surface area contributed by atoms with Crippen molar-refractivity contribution >= 4 is 11.4 Å². The highest BCUT2D eigenvalue weighted by molar-refractivity contribution is 6.05. The fraction of sp³-hybridized carbons (Fsp3) is 0.556. The van der Waals surface area contributed by atoms with Gasteiger partial charge in [0.2, 0.25) is 0 Å². The topological polar surface area (TPSA) is 67.9 Å². The third kappa shape index (κ3) is 3.44. The van der Waals surface area contributed by atoms with Crippen molar-refractivity contribution in [3.05, 3.63) is 11.6 Å². The van der Waals surface area contributed by atoms with E-state index in [9.17, 15) is 5.11 Å². The molecule has 0 amide bonds. The van der Waals surface area contributed by atoms with Crippen LogP contribution in [0.3, 0.4) is 0 Å². The summed E-state index contributed by atoms with van der Waals surface area (Å²) >= 11 is 0. The summed E-state index contributed by atoms with van der Waals surface area (Å²) in [5, 5.41) is 23.9. The van der Waals surface area contributed by atoms with Gasteiger partial charge in [0.05, 0.1) is 11.8 Å². The van der Waals surface area contributed by atoms with Crippen molar-refractivity contribution in [2.24, 2.45) is 0 Å². The van der Waals surface area contributed by atoms with Crippen LogP contribution in [0.15, 0.2) is 11.6 Å². The molecule has 68 valence electrons. The van der Waals surface area contributed by atoms with Gasteiger partial charge in [-0.05, 0) is 31.9 Å². The highest BCUT2D eigenvalue weighted by Crippen LogP contribution is 2.03. The molecule has 3 N–H and O–H groups in total. The SMILES string of the molecule is CC[C@@H](O)C(=N)/C(C)=C\C(C)=N. The molecule has 0 saturated carbocycles. The largest absolute Gasteiger partial charge is 0.387 e. The Morgan fingerprint density at radius 1 is 1.42 bits per heavy atom. The predicted molar refractivity (Wildman–Crippen MR) is 51.2 cm³/mol. The van der Waals surface area contributed by atoms with Gasteiger partial charge in [-0.1, -0.05) is 6.92 Å². The number of allylic oxidation sites excluding steroid dienone is 1. The average Bonchev–Trinajstić information content (AvgIpc) is 2.00. The lowest BCUT2D eigenvalue weighted by Crippen LogP contribution is -2.19. The normalized spacial score (nSPS) is 14.2. The molecule has 0 aliphatic rings. The van der Waals surface area contributed by atoms with Gasteiger partial charge in [-0.3, -0.25) is 0 Å². The summed E-state index contributed by atoms with van der Waals surface area (Å²) in [7, 11) is 0. The van der Waals surface area contributed by atoms with Crippen LogP contribution in [0.5, 0.6) is 0 Å². The number of hydrogen-bond donors (Lipinski definition) is 3. The zero-order chi connectivity index (χ0) is 9.72. The summed E-state index contributed by atoms with van der Waals surface area (Å²) < 4.78 is 0. The average molecular weight is 168 g/mol. The van der Waals surface area contributed by atoms with Gasteiger partial charge in [0.15, 0.2) is 0 Å². The van der Waals surface area contributed by atoms with Crippen molar-refractivity contribution in [2.75, 3.05) is 0 Å². The molecule has 0 aromatic carbocycles. The van der Waals surface area contributed by atoms with Crippen molar-refractivity contribution in [3.8, 4) is 0 Å². The fourth-order valence-electron chi connectivity index (χ4n) is 0.869. The monoisotopic (exact) mass is 168 g/mol. The van der Waals surface area contributed by atoms with Crippen molar-refractivity contribution in [1.82, 2.24) is 0 Å². The van der Waals surface area contributed by atoms with Crippen LogP contribution in [-0.4, -0.2) is 22.6 Å². The van der Waals surface area contributed by atoms with Gasteiger partial charge in [0.1, 0.15) is 0 Å². The molecule has 0 fully saturated rings. The smallest absolute Gasteiger partial charge is 0.0952 e. The van der Waals surface area contributed by atoms with Gasteiger partial charge in [-0.2, -0.15) is 0 Å². The van der Waals surface area contributed by atoms with E-state index in [0.29, 0.717) is 17.7 Å². The van der Waals surface area contributed by atoms with E-state index in [0.717, 1.165) is 0 Å². The van der Waals surface area contributed by atoms with Gasteiger partial charge < -0.3 is 15.9 Å². The predicted octanol–water partition coefficient (Wildman–Crippen LogP) is 1.76. The molecule has 0 unspecified atom stereocenters. The van der Waals surface area contributed by atoms with E-state index < -0.39 is 6.10 Å². The molecule has 0 aromatic rings. The van der Waals surface area contributed by atoms with Gasteiger partial charge in [0, 0.05) is 5.71 Å². The Bertz CT molecular complexity index is 219. The second kappa shape index (κ2) is 4.83. The third-order valence-corrected chi connectivity index (χ3v) is 1.58. The Hall–Kier alpha value is -0.960. The summed E-state index contributed by atoms with van der Waals surface area (Å²) in [6.07, 6.45) is 1.43.